The van der Waals surface area contributed by atoms with E-state index in [0.29, 0.717) is 12.3 Å². The van der Waals surface area contributed by atoms with Crippen LogP contribution < -0.4 is 0 Å². The molecule has 1 N–H and O–H groups in total. The highest BCUT2D eigenvalue weighted by molar-refractivity contribution is 5.49. The van der Waals surface area contributed by atoms with Crippen molar-refractivity contribution >= 4 is 6.29 Å². The predicted molar refractivity (Wildman–Crippen MR) is 50.0 cm³/mol. The van der Waals surface area contributed by atoms with Crippen LogP contribution in [0.5, 0.6) is 0 Å². The number of rotatable bonds is 6. The summed E-state index contributed by atoms with van der Waals surface area (Å²) in [7, 11) is 0. The maximum Gasteiger partial charge on any atom is 0.120 e. The van der Waals surface area contributed by atoms with E-state index in [-0.39, 0.29) is 0 Å². The van der Waals surface area contributed by atoms with Gasteiger partial charge in [0.05, 0.1) is 5.60 Å². The SMILES string of the molecule is CCC(C)(O)CCC(C)CC=O. The van der Waals surface area contributed by atoms with Gasteiger partial charge in [0.15, 0.2) is 0 Å². The average Bonchev–Trinajstić information content (AvgIpc) is 2.02. The lowest BCUT2D eigenvalue weighted by Crippen LogP contribution is -2.23. The number of carbonyl (C=O) groups excluding carboxylic acids is 1. The van der Waals surface area contributed by atoms with Crippen molar-refractivity contribution in [3.05, 3.63) is 0 Å². The van der Waals surface area contributed by atoms with Gasteiger partial charge in [-0.1, -0.05) is 13.8 Å². The Kier molecular flexibility index (Phi) is 5.14. The van der Waals surface area contributed by atoms with E-state index in [2.05, 4.69) is 0 Å². The van der Waals surface area contributed by atoms with Crippen molar-refractivity contribution < 1.29 is 9.90 Å². The quantitative estimate of drug-likeness (QED) is 0.623. The van der Waals surface area contributed by atoms with Crippen LogP contribution in [0.1, 0.15) is 46.5 Å². The highest BCUT2D eigenvalue weighted by Crippen LogP contribution is 2.20. The lowest BCUT2D eigenvalue weighted by molar-refractivity contribution is -0.108. The van der Waals surface area contributed by atoms with Crippen LogP contribution in [0.2, 0.25) is 0 Å². The van der Waals surface area contributed by atoms with Crippen molar-refractivity contribution in [1.82, 2.24) is 0 Å². The fourth-order valence-corrected chi connectivity index (χ4v) is 1.02. The molecule has 0 aromatic carbocycles. The van der Waals surface area contributed by atoms with Gasteiger partial charge in [-0.25, -0.2) is 0 Å². The van der Waals surface area contributed by atoms with Crippen molar-refractivity contribution in [1.29, 1.82) is 0 Å². The lowest BCUT2D eigenvalue weighted by atomic mass is 9.91. The minimum atomic E-state index is -0.544. The second kappa shape index (κ2) is 5.31. The van der Waals surface area contributed by atoms with Crippen LogP contribution >= 0.6 is 0 Å². The summed E-state index contributed by atoms with van der Waals surface area (Å²) in [6.45, 7) is 5.87. The molecule has 0 aliphatic carbocycles. The number of hydrogen-bond acceptors (Lipinski definition) is 2. The van der Waals surface area contributed by atoms with E-state index >= 15 is 0 Å². The highest BCUT2D eigenvalue weighted by Gasteiger charge is 2.17. The molecule has 12 heavy (non-hydrogen) atoms. The average molecular weight is 172 g/mol. The molecule has 2 atom stereocenters. The minimum absolute atomic E-state index is 0.403. The standard InChI is InChI=1S/C10H20O2/c1-4-10(3,12)7-5-9(2)6-8-11/h8-9,12H,4-7H2,1-3H3. The number of aldehydes is 1. The fraction of sp³-hybridized carbons (Fsp3) is 0.900. The van der Waals surface area contributed by atoms with E-state index in [1.807, 2.05) is 20.8 Å². The van der Waals surface area contributed by atoms with E-state index in [0.717, 1.165) is 25.5 Å². The summed E-state index contributed by atoms with van der Waals surface area (Å²) in [5, 5.41) is 9.65. The lowest BCUT2D eigenvalue weighted by Gasteiger charge is -2.22. The van der Waals surface area contributed by atoms with Gasteiger partial charge in [0, 0.05) is 6.42 Å². The zero-order valence-electron chi connectivity index (χ0n) is 8.34. The number of carbonyl (C=O) groups is 1. The van der Waals surface area contributed by atoms with Crippen molar-refractivity contribution in [3.63, 3.8) is 0 Å². The molecular formula is C10H20O2. The molecule has 0 aromatic rings. The minimum Gasteiger partial charge on any atom is -0.390 e. The van der Waals surface area contributed by atoms with Crippen molar-refractivity contribution in [2.24, 2.45) is 5.92 Å². The molecule has 2 unspecified atom stereocenters. The van der Waals surface area contributed by atoms with Crippen molar-refractivity contribution in [2.45, 2.75) is 52.1 Å². The summed E-state index contributed by atoms with van der Waals surface area (Å²) >= 11 is 0. The van der Waals surface area contributed by atoms with E-state index in [4.69, 9.17) is 0 Å². The Hall–Kier alpha value is -0.370. The first-order valence-electron chi connectivity index (χ1n) is 4.68. The Morgan fingerprint density at radius 1 is 1.58 bits per heavy atom. The molecule has 0 bridgehead atoms. The van der Waals surface area contributed by atoms with Gasteiger partial charge >= 0.3 is 0 Å². The molecule has 2 heteroatoms. The zero-order valence-corrected chi connectivity index (χ0v) is 8.34. The molecule has 0 aromatic heterocycles. The molecule has 0 heterocycles. The largest absolute Gasteiger partial charge is 0.390 e. The molecule has 0 aliphatic heterocycles. The Morgan fingerprint density at radius 2 is 2.17 bits per heavy atom. The van der Waals surface area contributed by atoms with Gasteiger partial charge in [-0.05, 0) is 32.1 Å². The Morgan fingerprint density at radius 3 is 2.58 bits per heavy atom. The molecule has 0 radical (unpaired) electrons. The third-order valence-corrected chi connectivity index (χ3v) is 2.44. The van der Waals surface area contributed by atoms with Crippen molar-refractivity contribution in [3.8, 4) is 0 Å². The first-order valence-corrected chi connectivity index (χ1v) is 4.68. The van der Waals surface area contributed by atoms with Crippen LogP contribution in [0.3, 0.4) is 0 Å². The van der Waals surface area contributed by atoms with Crippen LogP contribution in [0.4, 0.5) is 0 Å². The van der Waals surface area contributed by atoms with E-state index in [9.17, 15) is 9.90 Å². The van der Waals surface area contributed by atoms with Gasteiger partial charge in [-0.2, -0.15) is 0 Å². The van der Waals surface area contributed by atoms with Gasteiger partial charge in [0.2, 0.25) is 0 Å². The Labute approximate surface area is 75.0 Å². The van der Waals surface area contributed by atoms with Gasteiger partial charge in [-0.3, -0.25) is 0 Å². The molecule has 0 saturated carbocycles. The van der Waals surface area contributed by atoms with Gasteiger partial charge in [0.25, 0.3) is 0 Å². The summed E-state index contributed by atoms with van der Waals surface area (Å²) in [6, 6.07) is 0. The van der Waals surface area contributed by atoms with Gasteiger partial charge < -0.3 is 9.90 Å². The predicted octanol–water partition coefficient (Wildman–Crippen LogP) is 2.15. The van der Waals surface area contributed by atoms with E-state index in [1.165, 1.54) is 0 Å². The fourth-order valence-electron chi connectivity index (χ4n) is 1.02. The third-order valence-electron chi connectivity index (χ3n) is 2.44. The first kappa shape index (κ1) is 11.6. The molecule has 72 valence electrons. The molecular weight excluding hydrogens is 152 g/mol. The summed E-state index contributed by atoms with van der Waals surface area (Å²) in [5.41, 5.74) is -0.544. The second-order valence-corrected chi connectivity index (χ2v) is 3.90. The Bertz CT molecular complexity index is 130. The van der Waals surface area contributed by atoms with E-state index < -0.39 is 5.60 Å². The number of aliphatic hydroxyl groups is 1. The van der Waals surface area contributed by atoms with Crippen LogP contribution in [-0.4, -0.2) is 17.0 Å². The van der Waals surface area contributed by atoms with E-state index in [1.54, 1.807) is 0 Å². The molecule has 0 aliphatic rings. The van der Waals surface area contributed by atoms with Crippen LogP contribution in [0.15, 0.2) is 0 Å². The summed E-state index contributed by atoms with van der Waals surface area (Å²) < 4.78 is 0. The molecule has 0 saturated heterocycles. The molecule has 0 rings (SSSR count). The van der Waals surface area contributed by atoms with Gasteiger partial charge in [0.1, 0.15) is 6.29 Å². The summed E-state index contributed by atoms with van der Waals surface area (Å²) in [5.74, 6) is 0.403. The molecule has 0 fully saturated rings. The van der Waals surface area contributed by atoms with Crippen LogP contribution in [-0.2, 0) is 4.79 Å². The third kappa shape index (κ3) is 5.30. The van der Waals surface area contributed by atoms with Crippen molar-refractivity contribution in [2.75, 3.05) is 0 Å². The van der Waals surface area contributed by atoms with Crippen LogP contribution in [0, 0.1) is 5.92 Å². The maximum atomic E-state index is 10.1. The zero-order chi connectivity index (χ0) is 9.61. The maximum absolute atomic E-state index is 10.1. The normalized spacial score (nSPS) is 18.3. The first-order chi connectivity index (χ1) is 5.52. The summed E-state index contributed by atoms with van der Waals surface area (Å²) in [4.78, 5) is 10.1. The monoisotopic (exact) mass is 172 g/mol. The van der Waals surface area contributed by atoms with Gasteiger partial charge in [-0.15, -0.1) is 0 Å². The topological polar surface area (TPSA) is 37.3 Å². The highest BCUT2D eigenvalue weighted by atomic mass is 16.3. The molecule has 0 spiro atoms. The van der Waals surface area contributed by atoms with Crippen LogP contribution in [0.25, 0.3) is 0 Å². The summed E-state index contributed by atoms with van der Waals surface area (Å²) in [6.07, 6.45) is 4.06. The molecule has 0 amide bonds. The second-order valence-electron chi connectivity index (χ2n) is 3.90. The Balaban J connectivity index is 3.59. The molecule has 2 nitrogen and oxygen atoms in total. The smallest absolute Gasteiger partial charge is 0.120 e. The number of hydrogen-bond donors (Lipinski definition) is 1.